The highest BCUT2D eigenvalue weighted by atomic mass is 35.5. The summed E-state index contributed by atoms with van der Waals surface area (Å²) in [5.41, 5.74) is 2.68. The van der Waals surface area contributed by atoms with Crippen molar-refractivity contribution >= 4 is 34.9 Å². The number of amides is 1. The average molecular weight is 535 g/mol. The molecule has 0 saturated carbocycles. The van der Waals surface area contributed by atoms with Crippen LogP contribution in [0.5, 0.6) is 0 Å². The average Bonchev–Trinajstić information content (AvgIpc) is 3.25. The molecule has 2 aliphatic rings. The van der Waals surface area contributed by atoms with Crippen molar-refractivity contribution in [1.29, 1.82) is 0 Å². The van der Waals surface area contributed by atoms with E-state index in [1.54, 1.807) is 19.1 Å². The van der Waals surface area contributed by atoms with Gasteiger partial charge in [-0.15, -0.1) is 0 Å². The molecule has 36 heavy (non-hydrogen) atoms. The number of nitrogens with zero attached hydrogens (tertiary/aromatic N) is 3. The minimum absolute atomic E-state index is 0.0328. The van der Waals surface area contributed by atoms with Crippen LogP contribution in [0.3, 0.4) is 0 Å². The van der Waals surface area contributed by atoms with E-state index in [0.29, 0.717) is 30.7 Å². The summed E-state index contributed by atoms with van der Waals surface area (Å²) in [4.78, 5) is 30.6. The third kappa shape index (κ3) is 9.10. The molecule has 2 saturated heterocycles. The van der Waals surface area contributed by atoms with E-state index in [2.05, 4.69) is 32.4 Å². The Labute approximate surface area is 227 Å². The van der Waals surface area contributed by atoms with Crippen molar-refractivity contribution in [2.75, 3.05) is 33.2 Å². The summed E-state index contributed by atoms with van der Waals surface area (Å²) in [7, 11) is 2.10. The molecule has 198 valence electrons. The van der Waals surface area contributed by atoms with Gasteiger partial charge in [-0.1, -0.05) is 68.3 Å². The van der Waals surface area contributed by atoms with Crippen LogP contribution < -0.4 is 0 Å². The summed E-state index contributed by atoms with van der Waals surface area (Å²) < 4.78 is 0. The van der Waals surface area contributed by atoms with E-state index in [4.69, 9.17) is 23.2 Å². The number of Topliss-reactive ketones (excluding diaryl/α,β-unsaturated/α-hetero) is 1. The van der Waals surface area contributed by atoms with E-state index in [1.165, 1.54) is 6.42 Å². The van der Waals surface area contributed by atoms with E-state index in [9.17, 15) is 9.59 Å². The van der Waals surface area contributed by atoms with Crippen LogP contribution in [-0.4, -0.2) is 65.7 Å². The predicted octanol–water partition coefficient (Wildman–Crippen LogP) is 6.51. The van der Waals surface area contributed by atoms with Crippen LogP contribution in [0.15, 0.2) is 54.4 Å². The van der Waals surface area contributed by atoms with E-state index >= 15 is 0 Å². The van der Waals surface area contributed by atoms with E-state index in [-0.39, 0.29) is 11.7 Å². The van der Waals surface area contributed by atoms with Crippen molar-refractivity contribution in [2.24, 2.45) is 0 Å². The van der Waals surface area contributed by atoms with Gasteiger partial charge in [0.25, 0.3) is 0 Å². The Hall–Kier alpha value is -2.08. The van der Waals surface area contributed by atoms with Gasteiger partial charge in [0.15, 0.2) is 5.78 Å². The zero-order valence-corrected chi connectivity index (χ0v) is 23.7. The van der Waals surface area contributed by atoms with Crippen molar-refractivity contribution in [2.45, 2.75) is 65.3 Å². The number of hydrogen-bond acceptors (Lipinski definition) is 4. The molecule has 0 spiro atoms. The minimum atomic E-state index is 0.0328. The Morgan fingerprint density at radius 3 is 2.47 bits per heavy atom. The minimum Gasteiger partial charge on any atom is -0.340 e. The lowest BCUT2D eigenvalue weighted by Crippen LogP contribution is -2.46. The first kappa shape index (κ1) is 30.1. The fraction of sp³-hybridized carbons (Fsp3) is 0.517. The first-order valence-electron chi connectivity index (χ1n) is 13.0. The summed E-state index contributed by atoms with van der Waals surface area (Å²) in [5, 5.41) is 1.46. The molecular weight excluding hydrogens is 493 g/mol. The second kappa shape index (κ2) is 15.2. The predicted molar refractivity (Wildman–Crippen MR) is 151 cm³/mol. The smallest absolute Gasteiger partial charge is 0.246 e. The normalized spacial score (nSPS) is 19.0. The summed E-state index contributed by atoms with van der Waals surface area (Å²) in [6.45, 7) is 12.7. The Balaban J connectivity index is 0.000000380. The van der Waals surface area contributed by atoms with Gasteiger partial charge in [-0.05, 0) is 63.4 Å². The number of likely N-dealkylation sites (N-methyl/N-ethyl adjacent to an activating group) is 1. The van der Waals surface area contributed by atoms with Crippen molar-refractivity contribution in [3.05, 3.63) is 70.0 Å². The lowest BCUT2D eigenvalue weighted by atomic mass is 10.1. The fourth-order valence-electron chi connectivity index (χ4n) is 4.42. The van der Waals surface area contributed by atoms with Crippen LogP contribution in [0.1, 0.15) is 58.4 Å². The topological polar surface area (TPSA) is 43.9 Å². The highest BCUT2D eigenvalue weighted by molar-refractivity contribution is 6.35. The van der Waals surface area contributed by atoms with Crippen molar-refractivity contribution in [1.82, 2.24) is 14.7 Å². The largest absolute Gasteiger partial charge is 0.340 e. The Bertz CT molecular complexity index is 973. The standard InChI is InChI=1S/C21H33N3O2.C8H8Cl2/c1-5-6-7-10-20(18(3)25)24-15-14-23(16-17(24)2)21(26)12-11-19-9-8-13-22(19)4;1-2-6-3-4-7(9)5-8(6)10/h10-12,19H,2,5-9,13-16H2,1,3-4H3;3-5H,2H2,1H3/b12-11+,20-10-;. The monoisotopic (exact) mass is 533 g/mol. The number of allylic oxidation sites excluding steroid dienone is 2. The van der Waals surface area contributed by atoms with E-state index < -0.39 is 0 Å². The first-order chi connectivity index (χ1) is 17.2. The first-order valence-corrected chi connectivity index (χ1v) is 13.7. The maximum atomic E-state index is 12.5. The van der Waals surface area contributed by atoms with E-state index in [1.807, 2.05) is 34.1 Å². The van der Waals surface area contributed by atoms with Crippen molar-refractivity contribution in [3.8, 4) is 0 Å². The molecule has 0 N–H and O–H groups in total. The molecule has 0 radical (unpaired) electrons. The third-order valence-electron chi connectivity index (χ3n) is 6.64. The molecular formula is C29H41Cl2N3O2. The number of ketones is 1. The van der Waals surface area contributed by atoms with Gasteiger partial charge < -0.3 is 9.80 Å². The summed E-state index contributed by atoms with van der Waals surface area (Å²) in [6.07, 6.45) is 12.1. The van der Waals surface area contributed by atoms with Gasteiger partial charge in [0.05, 0.1) is 12.2 Å². The van der Waals surface area contributed by atoms with Gasteiger partial charge in [0, 0.05) is 47.9 Å². The molecule has 0 aliphatic carbocycles. The maximum Gasteiger partial charge on any atom is 0.246 e. The lowest BCUT2D eigenvalue weighted by Gasteiger charge is -2.38. The number of aryl methyl sites for hydroxylation is 1. The quantitative estimate of drug-likeness (QED) is 0.282. The van der Waals surface area contributed by atoms with Crippen LogP contribution in [0.4, 0.5) is 0 Å². The molecule has 0 aromatic heterocycles. The van der Waals surface area contributed by atoms with Gasteiger partial charge in [-0.25, -0.2) is 0 Å². The van der Waals surface area contributed by atoms with Crippen LogP contribution in [0.25, 0.3) is 0 Å². The van der Waals surface area contributed by atoms with Gasteiger partial charge in [0.2, 0.25) is 5.91 Å². The molecule has 1 unspecified atom stereocenters. The Morgan fingerprint density at radius 1 is 1.17 bits per heavy atom. The number of piperazine rings is 1. The Morgan fingerprint density at radius 2 is 1.92 bits per heavy atom. The third-order valence-corrected chi connectivity index (χ3v) is 7.23. The SMILES string of the molecule is C=C1CN(C(=O)/C=C/C2CCCN2C)CCN1/C(=C\CCCC)C(C)=O.CCc1ccc(Cl)cc1Cl. The lowest BCUT2D eigenvalue weighted by molar-refractivity contribution is -0.126. The molecule has 3 rings (SSSR count). The molecule has 1 aromatic carbocycles. The zero-order chi connectivity index (χ0) is 26.7. The molecule has 5 nitrogen and oxygen atoms in total. The molecule has 2 fully saturated rings. The number of carbonyl (C=O) groups excluding carboxylic acids is 2. The number of likely N-dealkylation sites (tertiary alicyclic amines) is 1. The van der Waals surface area contributed by atoms with E-state index in [0.717, 1.165) is 60.6 Å². The summed E-state index contributed by atoms with van der Waals surface area (Å²) >= 11 is 11.5. The number of rotatable bonds is 8. The number of carbonyl (C=O) groups is 2. The number of halogens is 2. The van der Waals surface area contributed by atoms with Gasteiger partial charge >= 0.3 is 0 Å². The highest BCUT2D eigenvalue weighted by Gasteiger charge is 2.26. The molecule has 1 atom stereocenters. The number of unbranched alkanes of at least 4 members (excludes halogenated alkanes) is 2. The molecule has 2 heterocycles. The maximum absolute atomic E-state index is 12.5. The molecule has 1 amide bonds. The zero-order valence-electron chi connectivity index (χ0n) is 22.2. The van der Waals surface area contributed by atoms with Gasteiger partial charge in [0.1, 0.15) is 0 Å². The van der Waals surface area contributed by atoms with Crippen LogP contribution in [-0.2, 0) is 16.0 Å². The second-order valence-corrected chi connectivity index (χ2v) is 10.2. The molecule has 7 heteroatoms. The second-order valence-electron chi connectivity index (χ2n) is 9.40. The van der Waals surface area contributed by atoms with Crippen LogP contribution in [0, 0.1) is 0 Å². The number of benzene rings is 1. The van der Waals surface area contributed by atoms with Crippen molar-refractivity contribution < 1.29 is 9.59 Å². The van der Waals surface area contributed by atoms with Crippen LogP contribution >= 0.6 is 23.2 Å². The van der Waals surface area contributed by atoms with Crippen molar-refractivity contribution in [3.63, 3.8) is 0 Å². The summed E-state index contributed by atoms with van der Waals surface area (Å²) in [5.74, 6) is 0.0941. The highest BCUT2D eigenvalue weighted by Crippen LogP contribution is 2.22. The Kier molecular flexibility index (Phi) is 12.8. The summed E-state index contributed by atoms with van der Waals surface area (Å²) in [6, 6.07) is 5.94. The molecule has 0 bridgehead atoms. The molecule has 2 aliphatic heterocycles. The number of hydrogen-bond donors (Lipinski definition) is 0. The fourth-order valence-corrected chi connectivity index (χ4v) is 4.96. The molecule has 1 aromatic rings. The van der Waals surface area contributed by atoms with Crippen LogP contribution in [0.2, 0.25) is 10.0 Å². The van der Waals surface area contributed by atoms with Gasteiger partial charge in [-0.3, -0.25) is 14.5 Å². The van der Waals surface area contributed by atoms with Gasteiger partial charge in [-0.2, -0.15) is 0 Å².